The smallest absolute Gasteiger partial charge is 0.204 e. The van der Waals surface area contributed by atoms with Crippen LogP contribution < -0.4 is 19.9 Å². The van der Waals surface area contributed by atoms with Gasteiger partial charge in [-0.15, -0.1) is 0 Å². The number of methoxy groups -OCH3 is 2. The summed E-state index contributed by atoms with van der Waals surface area (Å²) in [4.78, 5) is 5.46. The van der Waals surface area contributed by atoms with E-state index in [4.69, 9.17) is 19.9 Å². The van der Waals surface area contributed by atoms with E-state index < -0.39 is 5.60 Å². The molecule has 0 spiro atoms. The third-order valence-electron chi connectivity index (χ3n) is 3.30. The highest BCUT2D eigenvalue weighted by Gasteiger charge is 2.38. The van der Waals surface area contributed by atoms with Crippen molar-refractivity contribution in [1.29, 1.82) is 0 Å². The van der Waals surface area contributed by atoms with Gasteiger partial charge in [-0.25, -0.2) is 4.98 Å². The van der Waals surface area contributed by atoms with Crippen LogP contribution in [0.25, 0.3) is 11.3 Å². The highest BCUT2D eigenvalue weighted by molar-refractivity contribution is 7.16. The number of ether oxygens (including phenoxy) is 3. The van der Waals surface area contributed by atoms with Gasteiger partial charge in [0, 0.05) is 5.56 Å². The van der Waals surface area contributed by atoms with E-state index in [9.17, 15) is 0 Å². The van der Waals surface area contributed by atoms with Crippen LogP contribution in [-0.4, -0.2) is 19.2 Å². The molecule has 1 aliphatic rings. The molecule has 3 rings (SSSR count). The van der Waals surface area contributed by atoms with Gasteiger partial charge >= 0.3 is 0 Å². The summed E-state index contributed by atoms with van der Waals surface area (Å²) in [5.41, 5.74) is 7.10. The molecule has 0 radical (unpaired) electrons. The summed E-state index contributed by atoms with van der Waals surface area (Å²) in [5, 5.41) is 0.536. The van der Waals surface area contributed by atoms with Crippen molar-refractivity contribution < 1.29 is 14.2 Å². The highest BCUT2D eigenvalue weighted by Crippen LogP contribution is 2.53. The number of hydrogen-bond acceptors (Lipinski definition) is 6. The summed E-state index contributed by atoms with van der Waals surface area (Å²) in [6.45, 7) is 3.98. The molecular formula is C14H16N2O3S. The minimum atomic E-state index is -0.503. The number of nitrogens with two attached hydrogens (primary N) is 1. The predicted molar refractivity (Wildman–Crippen MR) is 78.7 cm³/mol. The molecule has 106 valence electrons. The van der Waals surface area contributed by atoms with E-state index in [1.54, 1.807) is 14.2 Å². The SMILES string of the molecule is COc1ccc2c(c1OC)OC(C)(C)c1sc(N)nc1-2. The number of anilines is 1. The van der Waals surface area contributed by atoms with Gasteiger partial charge in [-0.3, -0.25) is 0 Å². The van der Waals surface area contributed by atoms with Gasteiger partial charge in [0.05, 0.1) is 24.8 Å². The number of hydrogen-bond donors (Lipinski definition) is 1. The lowest BCUT2D eigenvalue weighted by Gasteiger charge is -2.32. The van der Waals surface area contributed by atoms with Crippen molar-refractivity contribution in [3.05, 3.63) is 17.0 Å². The number of benzene rings is 1. The average molecular weight is 292 g/mol. The van der Waals surface area contributed by atoms with Crippen molar-refractivity contribution >= 4 is 16.5 Å². The third-order valence-corrected chi connectivity index (χ3v) is 4.49. The van der Waals surface area contributed by atoms with Gasteiger partial charge in [0.2, 0.25) is 5.75 Å². The maximum Gasteiger partial charge on any atom is 0.204 e. The van der Waals surface area contributed by atoms with E-state index in [0.717, 1.165) is 16.1 Å². The van der Waals surface area contributed by atoms with Crippen molar-refractivity contribution in [2.75, 3.05) is 20.0 Å². The molecule has 0 atom stereocenters. The third kappa shape index (κ3) is 1.71. The van der Waals surface area contributed by atoms with Crippen LogP contribution in [0.2, 0.25) is 0 Å². The Bertz CT molecular complexity index is 679. The maximum atomic E-state index is 6.13. The molecule has 0 saturated carbocycles. The Balaban J connectivity index is 2.31. The molecule has 2 N–H and O–H groups in total. The molecule has 0 aliphatic carbocycles. The van der Waals surface area contributed by atoms with Crippen LogP contribution in [0.5, 0.6) is 17.2 Å². The molecule has 20 heavy (non-hydrogen) atoms. The quantitative estimate of drug-likeness (QED) is 0.921. The second-order valence-electron chi connectivity index (χ2n) is 5.02. The molecule has 0 unspecified atom stereocenters. The first-order valence-electron chi connectivity index (χ1n) is 6.19. The fourth-order valence-electron chi connectivity index (χ4n) is 2.42. The fourth-order valence-corrected chi connectivity index (χ4v) is 3.30. The molecule has 2 heterocycles. The lowest BCUT2D eigenvalue weighted by Crippen LogP contribution is -2.28. The van der Waals surface area contributed by atoms with Crippen LogP contribution in [0.15, 0.2) is 12.1 Å². The standard InChI is InChI=1S/C14H16N2O3S/c1-14(2)12-9(16-13(15)20-12)7-5-6-8(17-3)11(18-4)10(7)19-14/h5-6H,1-4H3,(H2,15,16). The molecule has 1 aliphatic heterocycles. The minimum absolute atomic E-state index is 0.503. The highest BCUT2D eigenvalue weighted by atomic mass is 32.1. The van der Waals surface area contributed by atoms with Crippen molar-refractivity contribution in [2.24, 2.45) is 0 Å². The van der Waals surface area contributed by atoms with Crippen LogP contribution in [0.4, 0.5) is 5.13 Å². The van der Waals surface area contributed by atoms with Crippen molar-refractivity contribution in [2.45, 2.75) is 19.4 Å². The van der Waals surface area contributed by atoms with E-state index in [1.807, 2.05) is 26.0 Å². The van der Waals surface area contributed by atoms with Crippen LogP contribution in [-0.2, 0) is 5.60 Å². The molecule has 0 saturated heterocycles. The monoisotopic (exact) mass is 292 g/mol. The number of thiazole rings is 1. The molecule has 0 fully saturated rings. The van der Waals surface area contributed by atoms with Crippen LogP contribution in [0.3, 0.4) is 0 Å². The lowest BCUT2D eigenvalue weighted by molar-refractivity contribution is 0.104. The summed E-state index contributed by atoms with van der Waals surface area (Å²) in [5.74, 6) is 1.86. The van der Waals surface area contributed by atoms with Gasteiger partial charge in [-0.1, -0.05) is 11.3 Å². The lowest BCUT2D eigenvalue weighted by atomic mass is 9.96. The zero-order valence-corrected chi connectivity index (χ0v) is 12.6. The molecular weight excluding hydrogens is 276 g/mol. The van der Waals surface area contributed by atoms with Crippen molar-refractivity contribution in [1.82, 2.24) is 4.98 Å². The summed E-state index contributed by atoms with van der Waals surface area (Å²) in [6.07, 6.45) is 0. The Kier molecular flexibility index (Phi) is 2.79. The maximum absolute atomic E-state index is 6.13. The van der Waals surface area contributed by atoms with Gasteiger partial charge < -0.3 is 19.9 Å². The Morgan fingerprint density at radius 2 is 2.00 bits per heavy atom. The molecule has 2 aromatic rings. The van der Waals surface area contributed by atoms with Gasteiger partial charge in [0.15, 0.2) is 16.6 Å². The second-order valence-corrected chi connectivity index (χ2v) is 6.05. The zero-order chi connectivity index (χ0) is 14.5. The van der Waals surface area contributed by atoms with E-state index in [-0.39, 0.29) is 0 Å². The first kappa shape index (κ1) is 13.1. The number of nitrogens with zero attached hydrogens (tertiary/aromatic N) is 1. The Morgan fingerprint density at radius 1 is 1.25 bits per heavy atom. The Labute approximate surface area is 121 Å². The second kappa shape index (κ2) is 4.28. The molecule has 1 aromatic heterocycles. The first-order valence-corrected chi connectivity index (χ1v) is 7.00. The minimum Gasteiger partial charge on any atom is -0.493 e. The van der Waals surface area contributed by atoms with E-state index in [2.05, 4.69) is 4.98 Å². The predicted octanol–water partition coefficient (Wildman–Crippen LogP) is 3.04. The Morgan fingerprint density at radius 3 is 2.65 bits per heavy atom. The first-order chi connectivity index (χ1) is 9.47. The van der Waals surface area contributed by atoms with Crippen LogP contribution in [0.1, 0.15) is 18.7 Å². The molecule has 0 bridgehead atoms. The topological polar surface area (TPSA) is 66.6 Å². The summed E-state index contributed by atoms with van der Waals surface area (Å²) < 4.78 is 16.9. The van der Waals surface area contributed by atoms with Crippen molar-refractivity contribution in [3.63, 3.8) is 0 Å². The molecule has 5 nitrogen and oxygen atoms in total. The largest absolute Gasteiger partial charge is 0.493 e. The van der Waals surface area contributed by atoms with Crippen LogP contribution >= 0.6 is 11.3 Å². The zero-order valence-electron chi connectivity index (χ0n) is 11.8. The Hall–Kier alpha value is -1.95. The number of rotatable bonds is 2. The summed E-state index contributed by atoms with van der Waals surface area (Å²) in [7, 11) is 3.20. The van der Waals surface area contributed by atoms with Crippen LogP contribution in [0, 0.1) is 0 Å². The fraction of sp³-hybridized carbons (Fsp3) is 0.357. The van der Waals surface area contributed by atoms with E-state index >= 15 is 0 Å². The van der Waals surface area contributed by atoms with Gasteiger partial charge in [-0.2, -0.15) is 0 Å². The van der Waals surface area contributed by atoms with Gasteiger partial charge in [0.25, 0.3) is 0 Å². The summed E-state index contributed by atoms with van der Waals surface area (Å²) in [6, 6.07) is 3.77. The summed E-state index contributed by atoms with van der Waals surface area (Å²) >= 11 is 1.45. The van der Waals surface area contributed by atoms with Gasteiger partial charge in [0.1, 0.15) is 5.60 Å². The van der Waals surface area contributed by atoms with Gasteiger partial charge in [-0.05, 0) is 26.0 Å². The van der Waals surface area contributed by atoms with E-state index in [0.29, 0.717) is 22.4 Å². The number of nitrogen functional groups attached to an aromatic ring is 1. The number of aromatic nitrogens is 1. The molecule has 0 amide bonds. The normalized spacial score (nSPS) is 15.0. The molecule has 6 heteroatoms. The number of fused-ring (bicyclic) bond motifs is 3. The average Bonchev–Trinajstić information content (AvgIpc) is 2.80. The van der Waals surface area contributed by atoms with Crippen molar-refractivity contribution in [3.8, 4) is 28.5 Å². The molecule has 1 aromatic carbocycles. The van der Waals surface area contributed by atoms with E-state index in [1.165, 1.54) is 11.3 Å².